The Morgan fingerprint density at radius 2 is 1.84 bits per heavy atom. The van der Waals surface area contributed by atoms with Crippen molar-refractivity contribution < 1.29 is 19.2 Å². The molecular formula is C24H28ClN2O4S+. The van der Waals surface area contributed by atoms with Gasteiger partial charge in [-0.15, -0.1) is 0 Å². The zero-order valence-corrected chi connectivity index (χ0v) is 20.2. The maximum Gasteiger partial charge on any atom is 0.473 e. The Kier molecular flexibility index (Phi) is 6.54. The van der Waals surface area contributed by atoms with Crippen LogP contribution < -0.4 is 8.95 Å². The molecule has 2 aromatic carbocycles. The monoisotopic (exact) mass is 475 g/mol. The summed E-state index contributed by atoms with van der Waals surface area (Å²) in [5.74, 6) is -0.166. The van der Waals surface area contributed by atoms with Gasteiger partial charge >= 0.3 is 12.0 Å². The molecule has 2 aromatic rings. The van der Waals surface area contributed by atoms with Crippen molar-refractivity contribution in [3.63, 3.8) is 0 Å². The van der Waals surface area contributed by atoms with Gasteiger partial charge in [-0.3, -0.25) is 9.69 Å². The highest BCUT2D eigenvalue weighted by atomic mass is 35.5. The standard InChI is InChI=1S/C24H28ClN2O4S/c1-4-31-22(28)24(14-6-5-7-15-24)17-8-13-21-20(16-17)26(2)23(29)27(30-3,32-21)19-11-9-18(25)10-12-19/h8-13,16H,4-7,14-15H2,1-3H3/q+1. The average Bonchev–Trinajstić information content (AvgIpc) is 2.82. The molecule has 1 saturated carbocycles. The number of anilines is 1. The van der Waals surface area contributed by atoms with Crippen LogP contribution >= 0.6 is 23.5 Å². The van der Waals surface area contributed by atoms with Gasteiger partial charge in [0.1, 0.15) is 0 Å². The molecule has 1 aliphatic heterocycles. The Morgan fingerprint density at radius 1 is 1.16 bits per heavy atom. The van der Waals surface area contributed by atoms with Crippen molar-refractivity contribution in [1.82, 2.24) is 4.05 Å². The first-order valence-electron chi connectivity index (χ1n) is 10.9. The second-order valence-corrected chi connectivity index (χ2v) is 9.76. The van der Waals surface area contributed by atoms with E-state index in [9.17, 15) is 9.59 Å². The molecule has 6 nitrogen and oxygen atoms in total. The largest absolute Gasteiger partial charge is 0.473 e. The number of benzene rings is 2. The molecule has 1 fully saturated rings. The van der Waals surface area contributed by atoms with Crippen LogP contribution in [-0.4, -0.2) is 32.8 Å². The van der Waals surface area contributed by atoms with Crippen LogP contribution in [0.5, 0.6) is 0 Å². The first-order valence-corrected chi connectivity index (χ1v) is 12.0. The number of quaternary nitrogens is 1. The lowest BCUT2D eigenvalue weighted by molar-refractivity contribution is -0.151. The molecule has 1 unspecified atom stereocenters. The van der Waals surface area contributed by atoms with Crippen LogP contribution in [0.15, 0.2) is 47.4 Å². The minimum absolute atomic E-state index is 0.166. The third kappa shape index (κ3) is 3.71. The van der Waals surface area contributed by atoms with Gasteiger partial charge < -0.3 is 4.74 Å². The van der Waals surface area contributed by atoms with E-state index in [1.165, 1.54) is 19.1 Å². The molecule has 0 saturated heterocycles. The molecule has 4 rings (SSSR count). The summed E-state index contributed by atoms with van der Waals surface area (Å²) >= 11 is 7.36. The Morgan fingerprint density at radius 3 is 2.47 bits per heavy atom. The van der Waals surface area contributed by atoms with Crippen LogP contribution in [0.4, 0.5) is 16.2 Å². The first-order chi connectivity index (χ1) is 15.4. The normalized spacial score (nSPS) is 22.4. The second-order valence-electron chi connectivity index (χ2n) is 8.19. The molecule has 32 heavy (non-hydrogen) atoms. The highest BCUT2D eigenvalue weighted by molar-refractivity contribution is 7.99. The van der Waals surface area contributed by atoms with Gasteiger partial charge in [0.15, 0.2) is 17.6 Å². The summed E-state index contributed by atoms with van der Waals surface area (Å²) in [6.07, 6.45) is 4.62. The second kappa shape index (κ2) is 9.06. The van der Waals surface area contributed by atoms with Gasteiger partial charge in [-0.1, -0.05) is 36.9 Å². The molecule has 0 N–H and O–H groups in total. The minimum Gasteiger partial charge on any atom is -0.465 e. The number of ether oxygens (including phenoxy) is 1. The number of hydroxylamine groups is 1. The number of halogens is 1. The fraction of sp³-hybridized carbons (Fsp3) is 0.417. The topological polar surface area (TPSA) is 55.8 Å². The van der Waals surface area contributed by atoms with Gasteiger partial charge in [-0.2, -0.15) is 4.84 Å². The van der Waals surface area contributed by atoms with E-state index in [-0.39, 0.29) is 16.1 Å². The van der Waals surface area contributed by atoms with Crippen LogP contribution in [0.25, 0.3) is 0 Å². The average molecular weight is 476 g/mol. The Bertz CT molecular complexity index is 1020. The predicted molar refractivity (Wildman–Crippen MR) is 128 cm³/mol. The first kappa shape index (κ1) is 23.1. The molecule has 0 spiro atoms. The van der Waals surface area contributed by atoms with E-state index in [0.717, 1.165) is 48.3 Å². The van der Waals surface area contributed by atoms with E-state index in [0.29, 0.717) is 17.3 Å². The predicted octanol–water partition coefficient (Wildman–Crippen LogP) is 6.25. The molecular weight excluding hydrogens is 448 g/mol. The zero-order valence-electron chi connectivity index (χ0n) is 18.6. The molecule has 0 bridgehead atoms. The van der Waals surface area contributed by atoms with Gasteiger partial charge in [0, 0.05) is 24.2 Å². The number of carbonyl (C=O) groups is 2. The van der Waals surface area contributed by atoms with E-state index >= 15 is 0 Å². The number of esters is 1. The molecule has 1 heterocycles. The van der Waals surface area contributed by atoms with Crippen molar-refractivity contribution >= 4 is 46.9 Å². The lowest BCUT2D eigenvalue weighted by Crippen LogP contribution is -2.55. The van der Waals surface area contributed by atoms with Gasteiger partial charge in [-0.05, 0) is 53.6 Å². The maximum absolute atomic E-state index is 13.6. The number of hydrogen-bond acceptors (Lipinski definition) is 5. The lowest BCUT2D eigenvalue weighted by atomic mass is 9.69. The summed E-state index contributed by atoms with van der Waals surface area (Å²) in [5, 5.41) is 0.590. The van der Waals surface area contributed by atoms with Crippen molar-refractivity contribution in [2.75, 3.05) is 25.7 Å². The zero-order chi connectivity index (χ0) is 22.9. The molecule has 1 atom stereocenters. The van der Waals surface area contributed by atoms with Crippen LogP contribution in [-0.2, 0) is 19.8 Å². The van der Waals surface area contributed by atoms with Crippen molar-refractivity contribution in [3.8, 4) is 0 Å². The van der Waals surface area contributed by atoms with Gasteiger partial charge in [-0.25, -0.2) is 4.79 Å². The highest BCUT2D eigenvalue weighted by Crippen LogP contribution is 2.49. The molecule has 1 aliphatic carbocycles. The molecule has 8 heteroatoms. The van der Waals surface area contributed by atoms with Crippen molar-refractivity contribution in [1.29, 1.82) is 0 Å². The fourth-order valence-electron chi connectivity index (χ4n) is 4.69. The number of amides is 2. The van der Waals surface area contributed by atoms with E-state index in [1.54, 1.807) is 36.2 Å². The molecule has 2 aliphatic rings. The summed E-state index contributed by atoms with van der Waals surface area (Å²) < 4.78 is 5.12. The summed E-state index contributed by atoms with van der Waals surface area (Å²) in [6.45, 7) is 2.19. The van der Waals surface area contributed by atoms with Crippen molar-refractivity contribution in [2.24, 2.45) is 0 Å². The quantitative estimate of drug-likeness (QED) is 0.290. The summed E-state index contributed by atoms with van der Waals surface area (Å²) in [6, 6.07) is 12.8. The summed E-state index contributed by atoms with van der Waals surface area (Å²) in [5.41, 5.74) is 1.70. The van der Waals surface area contributed by atoms with Crippen molar-refractivity contribution in [2.45, 2.75) is 49.3 Å². The number of hydrogen-bond donors (Lipinski definition) is 0. The SMILES string of the molecule is CCOC(=O)C1(c2ccc3c(c2)N(C)C(=O)[N+](OC)(c2ccc(Cl)cc2)S3)CCCCC1. The minimum atomic E-state index is -0.654. The van der Waals surface area contributed by atoms with Gasteiger partial charge in [0.2, 0.25) is 0 Å². The molecule has 0 radical (unpaired) electrons. The number of fused-ring (bicyclic) bond motifs is 1. The Hall–Kier alpha value is -2.06. The number of nitrogens with zero attached hydrogens (tertiary/aromatic N) is 2. The van der Waals surface area contributed by atoms with E-state index in [2.05, 4.69) is 0 Å². The van der Waals surface area contributed by atoms with Crippen LogP contribution in [0, 0.1) is 0 Å². The third-order valence-electron chi connectivity index (χ3n) is 6.44. The lowest BCUT2D eigenvalue weighted by Gasteiger charge is -2.38. The van der Waals surface area contributed by atoms with Gasteiger partial charge in [0.05, 0.1) is 29.7 Å². The third-order valence-corrected chi connectivity index (χ3v) is 8.00. The maximum atomic E-state index is 13.6. The van der Waals surface area contributed by atoms with Crippen LogP contribution in [0.1, 0.15) is 44.6 Å². The van der Waals surface area contributed by atoms with Crippen molar-refractivity contribution in [3.05, 3.63) is 53.1 Å². The fourth-order valence-corrected chi connectivity index (χ4v) is 6.01. The molecule has 0 aromatic heterocycles. The van der Waals surface area contributed by atoms with Gasteiger partial charge in [0.25, 0.3) is 0 Å². The number of urea groups is 1. The van der Waals surface area contributed by atoms with E-state index in [1.807, 2.05) is 25.1 Å². The van der Waals surface area contributed by atoms with E-state index in [4.69, 9.17) is 21.2 Å². The van der Waals surface area contributed by atoms with Crippen LogP contribution in [0.2, 0.25) is 5.02 Å². The smallest absolute Gasteiger partial charge is 0.465 e. The number of rotatable bonds is 5. The Labute approximate surface area is 198 Å². The summed E-state index contributed by atoms with van der Waals surface area (Å²) in [7, 11) is 3.26. The molecule has 2 amide bonds. The number of carbonyl (C=O) groups excluding carboxylic acids is 2. The molecule has 170 valence electrons. The highest BCUT2D eigenvalue weighted by Gasteiger charge is 2.52. The summed E-state index contributed by atoms with van der Waals surface area (Å²) in [4.78, 5) is 34.9. The Balaban J connectivity index is 1.77. The van der Waals surface area contributed by atoms with E-state index < -0.39 is 5.41 Å². The van der Waals surface area contributed by atoms with Crippen LogP contribution in [0.3, 0.4) is 0 Å².